The van der Waals surface area contributed by atoms with Gasteiger partial charge in [-0.15, -0.1) is 0 Å². The first-order valence-corrected chi connectivity index (χ1v) is 5.79. The summed E-state index contributed by atoms with van der Waals surface area (Å²) in [5.74, 6) is 0. The lowest BCUT2D eigenvalue weighted by Gasteiger charge is -2.35. The summed E-state index contributed by atoms with van der Waals surface area (Å²) in [6, 6.07) is 0.605. The highest BCUT2D eigenvalue weighted by molar-refractivity contribution is 5.06. The molecule has 3 heteroatoms. The Morgan fingerprint density at radius 3 is 2.43 bits per heavy atom. The van der Waals surface area contributed by atoms with Gasteiger partial charge in [0.1, 0.15) is 0 Å². The van der Waals surface area contributed by atoms with E-state index < -0.39 is 0 Å². The fourth-order valence-corrected chi connectivity index (χ4v) is 2.18. The molecule has 2 fully saturated rings. The van der Waals surface area contributed by atoms with Crippen LogP contribution in [-0.4, -0.2) is 49.3 Å². The highest BCUT2D eigenvalue weighted by Gasteiger charge is 2.47. The van der Waals surface area contributed by atoms with E-state index in [2.05, 4.69) is 24.1 Å². The summed E-state index contributed by atoms with van der Waals surface area (Å²) in [7, 11) is 0. The summed E-state index contributed by atoms with van der Waals surface area (Å²) < 4.78 is 5.39. The Labute approximate surface area is 86.8 Å². The molecule has 82 valence electrons. The van der Waals surface area contributed by atoms with E-state index in [1.807, 2.05) is 0 Å². The van der Waals surface area contributed by atoms with Crippen molar-refractivity contribution < 1.29 is 4.74 Å². The van der Waals surface area contributed by atoms with Gasteiger partial charge in [-0.25, -0.2) is 0 Å². The molecule has 1 N–H and O–H groups in total. The van der Waals surface area contributed by atoms with E-state index in [4.69, 9.17) is 4.74 Å². The highest BCUT2D eigenvalue weighted by Crippen LogP contribution is 2.41. The molecule has 0 aromatic heterocycles. The van der Waals surface area contributed by atoms with Gasteiger partial charge in [0.2, 0.25) is 0 Å². The largest absolute Gasteiger partial charge is 0.379 e. The zero-order chi connectivity index (χ0) is 10.0. The maximum absolute atomic E-state index is 5.39. The van der Waals surface area contributed by atoms with Crippen molar-refractivity contribution in [2.24, 2.45) is 0 Å². The van der Waals surface area contributed by atoms with E-state index >= 15 is 0 Å². The van der Waals surface area contributed by atoms with Crippen molar-refractivity contribution in [3.05, 3.63) is 0 Å². The Morgan fingerprint density at radius 1 is 1.29 bits per heavy atom. The van der Waals surface area contributed by atoms with Crippen LogP contribution in [0.3, 0.4) is 0 Å². The molecular weight excluding hydrogens is 176 g/mol. The lowest BCUT2D eigenvalue weighted by molar-refractivity contribution is 0.00927. The van der Waals surface area contributed by atoms with Crippen LogP contribution in [0.15, 0.2) is 0 Å². The Kier molecular flexibility index (Phi) is 3.10. The molecule has 2 rings (SSSR count). The molecule has 1 aliphatic carbocycles. The fraction of sp³-hybridized carbons (Fsp3) is 1.00. The normalized spacial score (nSPS) is 26.8. The predicted octanol–water partition coefficient (Wildman–Crippen LogP) is 0.849. The summed E-state index contributed by atoms with van der Waals surface area (Å²) in [5, 5.41) is 3.56. The zero-order valence-corrected chi connectivity index (χ0v) is 9.38. The van der Waals surface area contributed by atoms with Crippen molar-refractivity contribution in [3.63, 3.8) is 0 Å². The molecule has 0 bridgehead atoms. The third-order valence-corrected chi connectivity index (χ3v) is 3.35. The monoisotopic (exact) mass is 198 g/mol. The number of nitrogens with zero attached hydrogens (tertiary/aromatic N) is 1. The van der Waals surface area contributed by atoms with E-state index in [-0.39, 0.29) is 0 Å². The fourth-order valence-electron chi connectivity index (χ4n) is 2.18. The van der Waals surface area contributed by atoms with E-state index in [1.165, 1.54) is 12.8 Å². The van der Waals surface area contributed by atoms with Gasteiger partial charge in [-0.05, 0) is 12.8 Å². The predicted molar refractivity (Wildman–Crippen MR) is 57.5 cm³/mol. The van der Waals surface area contributed by atoms with Gasteiger partial charge in [-0.3, -0.25) is 4.90 Å². The highest BCUT2D eigenvalue weighted by atomic mass is 16.5. The standard InChI is InChI=1S/C11H22N2O/c1-10(2)12-9-11(3-4-11)13-5-7-14-8-6-13/h10,12H,3-9H2,1-2H3. The first kappa shape index (κ1) is 10.4. The summed E-state index contributed by atoms with van der Waals surface area (Å²) in [4.78, 5) is 2.62. The van der Waals surface area contributed by atoms with Gasteiger partial charge in [0.15, 0.2) is 0 Å². The Balaban J connectivity index is 1.81. The molecule has 14 heavy (non-hydrogen) atoms. The van der Waals surface area contributed by atoms with Crippen molar-refractivity contribution >= 4 is 0 Å². The Morgan fingerprint density at radius 2 is 1.93 bits per heavy atom. The molecule has 1 saturated carbocycles. The van der Waals surface area contributed by atoms with Crippen LogP contribution in [-0.2, 0) is 4.74 Å². The maximum Gasteiger partial charge on any atom is 0.0594 e. The molecule has 3 nitrogen and oxygen atoms in total. The van der Waals surface area contributed by atoms with Gasteiger partial charge >= 0.3 is 0 Å². The van der Waals surface area contributed by atoms with E-state index in [0.29, 0.717) is 11.6 Å². The van der Waals surface area contributed by atoms with Gasteiger partial charge in [0.25, 0.3) is 0 Å². The molecule has 0 atom stereocenters. The quantitative estimate of drug-likeness (QED) is 0.725. The van der Waals surface area contributed by atoms with Gasteiger partial charge < -0.3 is 10.1 Å². The first-order valence-electron chi connectivity index (χ1n) is 5.79. The molecular formula is C11H22N2O. The number of rotatable bonds is 4. The number of hydrogen-bond donors (Lipinski definition) is 1. The van der Waals surface area contributed by atoms with E-state index in [9.17, 15) is 0 Å². The topological polar surface area (TPSA) is 24.5 Å². The molecule has 1 aliphatic heterocycles. The Hall–Kier alpha value is -0.120. The molecule has 1 heterocycles. The van der Waals surface area contributed by atoms with Crippen LogP contribution in [0.2, 0.25) is 0 Å². The van der Waals surface area contributed by atoms with Crippen molar-refractivity contribution in [1.82, 2.24) is 10.2 Å². The third-order valence-electron chi connectivity index (χ3n) is 3.35. The van der Waals surface area contributed by atoms with Gasteiger partial charge in [0, 0.05) is 31.2 Å². The summed E-state index contributed by atoms with van der Waals surface area (Å²) >= 11 is 0. The molecule has 0 unspecified atom stereocenters. The van der Waals surface area contributed by atoms with Crippen LogP contribution < -0.4 is 5.32 Å². The number of hydrogen-bond acceptors (Lipinski definition) is 3. The number of ether oxygens (including phenoxy) is 1. The maximum atomic E-state index is 5.39. The summed E-state index contributed by atoms with van der Waals surface area (Å²) in [5.41, 5.74) is 0.494. The van der Waals surface area contributed by atoms with Crippen molar-refractivity contribution in [2.45, 2.75) is 38.3 Å². The first-order chi connectivity index (χ1) is 6.73. The SMILES string of the molecule is CC(C)NCC1(N2CCOCC2)CC1. The second-order valence-corrected chi connectivity index (χ2v) is 4.86. The van der Waals surface area contributed by atoms with Crippen LogP contribution in [0.25, 0.3) is 0 Å². The van der Waals surface area contributed by atoms with Gasteiger partial charge in [-0.1, -0.05) is 13.8 Å². The van der Waals surface area contributed by atoms with Gasteiger partial charge in [-0.2, -0.15) is 0 Å². The average Bonchev–Trinajstić information content (AvgIpc) is 2.97. The summed E-state index contributed by atoms with van der Waals surface area (Å²) in [6.07, 6.45) is 2.74. The molecule has 2 aliphatic rings. The lowest BCUT2D eigenvalue weighted by atomic mass is 10.2. The minimum atomic E-state index is 0.494. The van der Waals surface area contributed by atoms with Crippen LogP contribution in [0, 0.1) is 0 Å². The Bertz CT molecular complexity index is 184. The van der Waals surface area contributed by atoms with Crippen LogP contribution in [0.5, 0.6) is 0 Å². The molecule has 1 saturated heterocycles. The zero-order valence-electron chi connectivity index (χ0n) is 9.38. The molecule has 0 aromatic carbocycles. The van der Waals surface area contributed by atoms with E-state index in [0.717, 1.165) is 32.8 Å². The number of morpholine rings is 1. The van der Waals surface area contributed by atoms with Crippen molar-refractivity contribution in [3.8, 4) is 0 Å². The van der Waals surface area contributed by atoms with E-state index in [1.54, 1.807) is 0 Å². The molecule has 0 aromatic rings. The minimum Gasteiger partial charge on any atom is -0.379 e. The number of nitrogens with one attached hydrogen (secondary N) is 1. The average molecular weight is 198 g/mol. The summed E-state index contributed by atoms with van der Waals surface area (Å²) in [6.45, 7) is 9.68. The smallest absolute Gasteiger partial charge is 0.0594 e. The molecule has 0 radical (unpaired) electrons. The second kappa shape index (κ2) is 4.17. The van der Waals surface area contributed by atoms with Crippen LogP contribution in [0.1, 0.15) is 26.7 Å². The van der Waals surface area contributed by atoms with Crippen LogP contribution >= 0.6 is 0 Å². The third kappa shape index (κ3) is 2.27. The van der Waals surface area contributed by atoms with Crippen molar-refractivity contribution in [2.75, 3.05) is 32.8 Å². The molecule has 0 spiro atoms. The lowest BCUT2D eigenvalue weighted by Crippen LogP contribution is -2.50. The minimum absolute atomic E-state index is 0.494. The molecule has 0 amide bonds. The van der Waals surface area contributed by atoms with Crippen LogP contribution in [0.4, 0.5) is 0 Å². The van der Waals surface area contributed by atoms with Gasteiger partial charge in [0.05, 0.1) is 13.2 Å². The second-order valence-electron chi connectivity index (χ2n) is 4.86. The van der Waals surface area contributed by atoms with Crippen molar-refractivity contribution in [1.29, 1.82) is 0 Å².